The van der Waals surface area contributed by atoms with Crippen LogP contribution in [0.1, 0.15) is 18.1 Å². The van der Waals surface area contributed by atoms with Crippen molar-refractivity contribution in [2.45, 2.75) is 25.8 Å². The molecule has 64 valence electrons. The summed E-state index contributed by atoms with van der Waals surface area (Å²) in [4.78, 5) is 0. The lowest BCUT2D eigenvalue weighted by molar-refractivity contribution is 0.467. The first-order valence-electron chi connectivity index (χ1n) is 4.59. The van der Waals surface area contributed by atoms with E-state index < -0.39 is 0 Å². The van der Waals surface area contributed by atoms with Crippen molar-refractivity contribution in [2.75, 3.05) is 0 Å². The molecule has 12 heavy (non-hydrogen) atoms. The minimum atomic E-state index is 0.331. The highest BCUT2D eigenvalue weighted by molar-refractivity contribution is 5.32. The second-order valence-electron chi connectivity index (χ2n) is 3.80. The van der Waals surface area contributed by atoms with Gasteiger partial charge in [0.15, 0.2) is 0 Å². The Morgan fingerprint density at radius 2 is 1.75 bits per heavy atom. The van der Waals surface area contributed by atoms with Gasteiger partial charge in [-0.25, -0.2) is 0 Å². The van der Waals surface area contributed by atoms with Gasteiger partial charge in [-0.2, -0.15) is 0 Å². The second-order valence-corrected chi connectivity index (χ2v) is 3.80. The lowest BCUT2D eigenvalue weighted by atomic mass is 9.99. The Bertz CT molecular complexity index is 253. The molecule has 0 saturated carbocycles. The van der Waals surface area contributed by atoms with Crippen molar-refractivity contribution >= 4 is 0 Å². The van der Waals surface area contributed by atoms with Gasteiger partial charge in [0.1, 0.15) is 0 Å². The standard InChI is InChI=1S/C11H15N/c1-8(12)11-6-9-4-2-3-5-10(9)7-11/h2-5,8,11H,6-7,12H2,1H3/t8-/m0/s1. The molecule has 1 nitrogen and oxygen atoms in total. The Morgan fingerprint density at radius 1 is 1.25 bits per heavy atom. The van der Waals surface area contributed by atoms with Crippen molar-refractivity contribution in [1.82, 2.24) is 0 Å². The molecule has 1 heteroatoms. The van der Waals surface area contributed by atoms with Gasteiger partial charge in [-0.05, 0) is 36.8 Å². The molecule has 0 aliphatic heterocycles. The Hall–Kier alpha value is -0.820. The summed E-state index contributed by atoms with van der Waals surface area (Å²) >= 11 is 0. The Morgan fingerprint density at radius 3 is 2.17 bits per heavy atom. The fourth-order valence-electron chi connectivity index (χ4n) is 1.96. The number of benzene rings is 1. The zero-order chi connectivity index (χ0) is 8.55. The summed E-state index contributed by atoms with van der Waals surface area (Å²) in [7, 11) is 0. The minimum Gasteiger partial charge on any atom is -0.328 e. The smallest absolute Gasteiger partial charge is 0.00451 e. The van der Waals surface area contributed by atoms with Crippen molar-refractivity contribution < 1.29 is 0 Å². The number of rotatable bonds is 1. The largest absolute Gasteiger partial charge is 0.328 e. The molecule has 0 spiro atoms. The quantitative estimate of drug-likeness (QED) is 0.667. The molecule has 0 aromatic heterocycles. The van der Waals surface area contributed by atoms with Crippen molar-refractivity contribution in [3.8, 4) is 0 Å². The molecule has 1 aromatic rings. The average molecular weight is 161 g/mol. The highest BCUT2D eigenvalue weighted by Crippen LogP contribution is 2.27. The van der Waals surface area contributed by atoms with Crippen LogP contribution in [0.25, 0.3) is 0 Å². The van der Waals surface area contributed by atoms with Crippen LogP contribution in [0.3, 0.4) is 0 Å². The minimum absolute atomic E-state index is 0.331. The number of hydrogen-bond donors (Lipinski definition) is 1. The van der Waals surface area contributed by atoms with Crippen molar-refractivity contribution in [1.29, 1.82) is 0 Å². The summed E-state index contributed by atoms with van der Waals surface area (Å²) in [6.45, 7) is 2.11. The van der Waals surface area contributed by atoms with E-state index in [4.69, 9.17) is 5.73 Å². The Balaban J connectivity index is 2.22. The monoisotopic (exact) mass is 161 g/mol. The summed E-state index contributed by atoms with van der Waals surface area (Å²) in [5.74, 6) is 0.669. The van der Waals surface area contributed by atoms with Crippen molar-refractivity contribution in [3.05, 3.63) is 35.4 Å². The molecule has 1 aromatic carbocycles. The fraction of sp³-hybridized carbons (Fsp3) is 0.455. The third kappa shape index (κ3) is 1.25. The number of hydrogen-bond acceptors (Lipinski definition) is 1. The van der Waals surface area contributed by atoms with Crippen LogP contribution in [0.4, 0.5) is 0 Å². The van der Waals surface area contributed by atoms with E-state index in [2.05, 4.69) is 31.2 Å². The maximum Gasteiger partial charge on any atom is 0.00451 e. The molecule has 0 radical (unpaired) electrons. The maximum absolute atomic E-state index is 5.88. The lowest BCUT2D eigenvalue weighted by Crippen LogP contribution is -2.26. The highest BCUT2D eigenvalue weighted by Gasteiger charge is 2.23. The second kappa shape index (κ2) is 2.91. The van der Waals surface area contributed by atoms with E-state index >= 15 is 0 Å². The summed E-state index contributed by atoms with van der Waals surface area (Å²) in [5.41, 5.74) is 8.88. The topological polar surface area (TPSA) is 26.0 Å². The van der Waals surface area contributed by atoms with Crippen LogP contribution in [0.5, 0.6) is 0 Å². The van der Waals surface area contributed by atoms with Gasteiger partial charge in [0.25, 0.3) is 0 Å². The first-order valence-corrected chi connectivity index (χ1v) is 4.59. The summed E-state index contributed by atoms with van der Waals surface area (Å²) < 4.78 is 0. The van der Waals surface area contributed by atoms with Gasteiger partial charge in [0, 0.05) is 6.04 Å². The van der Waals surface area contributed by atoms with E-state index in [-0.39, 0.29) is 0 Å². The molecular weight excluding hydrogens is 146 g/mol. The summed E-state index contributed by atoms with van der Waals surface area (Å²) in [6.07, 6.45) is 2.35. The van der Waals surface area contributed by atoms with Gasteiger partial charge < -0.3 is 5.73 Å². The van der Waals surface area contributed by atoms with Crippen LogP contribution in [0.15, 0.2) is 24.3 Å². The van der Waals surface area contributed by atoms with E-state index in [0.29, 0.717) is 12.0 Å². The maximum atomic E-state index is 5.88. The number of nitrogens with two attached hydrogens (primary N) is 1. The van der Waals surface area contributed by atoms with Gasteiger partial charge in [0.2, 0.25) is 0 Å². The molecule has 1 atom stereocenters. The van der Waals surface area contributed by atoms with Crippen molar-refractivity contribution in [2.24, 2.45) is 11.7 Å². The molecule has 0 heterocycles. The number of fused-ring (bicyclic) bond motifs is 1. The highest BCUT2D eigenvalue weighted by atomic mass is 14.6. The van der Waals surface area contributed by atoms with Crippen LogP contribution in [-0.4, -0.2) is 6.04 Å². The van der Waals surface area contributed by atoms with E-state index in [1.54, 1.807) is 0 Å². The predicted octanol–water partition coefficient (Wildman–Crippen LogP) is 1.75. The SMILES string of the molecule is C[C@H](N)C1Cc2ccccc2C1. The Kier molecular flexibility index (Phi) is 1.89. The zero-order valence-corrected chi connectivity index (χ0v) is 7.46. The first-order chi connectivity index (χ1) is 5.77. The third-order valence-electron chi connectivity index (χ3n) is 2.83. The van der Waals surface area contributed by atoms with E-state index in [9.17, 15) is 0 Å². The molecule has 0 bridgehead atoms. The third-order valence-corrected chi connectivity index (χ3v) is 2.83. The van der Waals surface area contributed by atoms with Crippen LogP contribution in [-0.2, 0) is 12.8 Å². The molecule has 2 N–H and O–H groups in total. The van der Waals surface area contributed by atoms with E-state index in [0.717, 1.165) is 0 Å². The van der Waals surface area contributed by atoms with Gasteiger partial charge in [-0.15, -0.1) is 0 Å². The molecule has 1 aliphatic carbocycles. The molecular formula is C11H15N. The van der Waals surface area contributed by atoms with Crippen LogP contribution < -0.4 is 5.73 Å². The zero-order valence-electron chi connectivity index (χ0n) is 7.46. The lowest BCUT2D eigenvalue weighted by Gasteiger charge is -2.12. The molecule has 0 unspecified atom stereocenters. The van der Waals surface area contributed by atoms with Crippen LogP contribution >= 0.6 is 0 Å². The van der Waals surface area contributed by atoms with Gasteiger partial charge in [0.05, 0.1) is 0 Å². The molecule has 2 rings (SSSR count). The average Bonchev–Trinajstić information content (AvgIpc) is 2.46. The summed E-state index contributed by atoms with van der Waals surface area (Å²) in [6, 6.07) is 9.00. The summed E-state index contributed by atoms with van der Waals surface area (Å²) in [5, 5.41) is 0. The molecule has 1 aliphatic rings. The Labute approximate surface area is 73.6 Å². The van der Waals surface area contributed by atoms with Crippen molar-refractivity contribution in [3.63, 3.8) is 0 Å². The van der Waals surface area contributed by atoms with Crippen LogP contribution in [0, 0.1) is 5.92 Å². The van der Waals surface area contributed by atoms with Gasteiger partial charge >= 0.3 is 0 Å². The van der Waals surface area contributed by atoms with Crippen LogP contribution in [0.2, 0.25) is 0 Å². The molecule has 0 amide bonds. The normalized spacial score (nSPS) is 19.2. The first kappa shape index (κ1) is 7.81. The van der Waals surface area contributed by atoms with Gasteiger partial charge in [-0.1, -0.05) is 24.3 Å². The van der Waals surface area contributed by atoms with Gasteiger partial charge in [-0.3, -0.25) is 0 Å². The molecule has 0 saturated heterocycles. The van der Waals surface area contributed by atoms with E-state index in [1.807, 2.05) is 0 Å². The van der Waals surface area contributed by atoms with E-state index in [1.165, 1.54) is 24.0 Å². The predicted molar refractivity (Wildman–Crippen MR) is 51.0 cm³/mol. The molecule has 0 fully saturated rings. The fourth-order valence-corrected chi connectivity index (χ4v) is 1.96.